The van der Waals surface area contributed by atoms with Gasteiger partial charge in [-0.2, -0.15) is 8.42 Å². The zero-order valence-electron chi connectivity index (χ0n) is 13.7. The van der Waals surface area contributed by atoms with Crippen LogP contribution in [0.2, 0.25) is 0 Å². The zero-order valence-corrected chi connectivity index (χ0v) is 14.5. The lowest BCUT2D eigenvalue weighted by molar-refractivity contribution is -0.131. The van der Waals surface area contributed by atoms with Crippen LogP contribution in [0.3, 0.4) is 0 Å². The second-order valence-electron chi connectivity index (χ2n) is 5.73. The lowest BCUT2D eigenvalue weighted by atomic mass is 10.1. The van der Waals surface area contributed by atoms with Crippen LogP contribution in [0, 0.1) is 0 Å². The quantitative estimate of drug-likeness (QED) is 0.700. The molecule has 25 heavy (non-hydrogen) atoms. The molecule has 0 bridgehead atoms. The molecule has 0 spiro atoms. The lowest BCUT2D eigenvalue weighted by Crippen LogP contribution is -2.45. The van der Waals surface area contributed by atoms with E-state index in [1.54, 1.807) is 11.8 Å². The van der Waals surface area contributed by atoms with Gasteiger partial charge in [-0.1, -0.05) is 9.95 Å². The Morgan fingerprint density at radius 2 is 2.00 bits per heavy atom. The number of halogens is 1. The molecule has 2 rings (SSSR count). The van der Waals surface area contributed by atoms with E-state index in [9.17, 15) is 21.9 Å². The molecular formula is C15H20FN3O5S. The Hall–Kier alpha value is -2.20. The van der Waals surface area contributed by atoms with Crippen molar-refractivity contribution in [3.8, 4) is 5.75 Å². The van der Waals surface area contributed by atoms with Crippen LogP contribution in [0.15, 0.2) is 18.2 Å². The number of hydrogen-bond donors (Lipinski definition) is 2. The molecule has 1 saturated heterocycles. The normalized spacial score (nSPS) is 15.7. The number of likely N-dealkylation sites (tertiary alicyclic amines) is 1. The third kappa shape index (κ3) is 5.13. The van der Waals surface area contributed by atoms with Gasteiger partial charge < -0.3 is 20.1 Å². The van der Waals surface area contributed by atoms with Crippen LogP contribution in [-0.2, 0) is 21.8 Å². The molecule has 0 radical (unpaired) electrons. The first-order valence-corrected chi connectivity index (χ1v) is 9.09. The highest BCUT2D eigenvalue weighted by molar-refractivity contribution is 7.81. The summed E-state index contributed by atoms with van der Waals surface area (Å²) in [6.07, 6.45) is 1.87. The van der Waals surface area contributed by atoms with Crippen molar-refractivity contribution in [1.29, 1.82) is 0 Å². The van der Waals surface area contributed by atoms with Crippen LogP contribution in [0.25, 0.3) is 0 Å². The van der Waals surface area contributed by atoms with E-state index in [1.807, 2.05) is 0 Å². The minimum absolute atomic E-state index is 0.0249. The molecule has 0 aliphatic carbocycles. The van der Waals surface area contributed by atoms with Crippen molar-refractivity contribution in [3.63, 3.8) is 0 Å². The summed E-state index contributed by atoms with van der Waals surface area (Å²) < 4.78 is 38.4. The molecule has 1 aromatic carbocycles. The molecule has 1 aliphatic rings. The minimum atomic E-state index is -5.25. The fourth-order valence-corrected chi connectivity index (χ4v) is 2.97. The molecule has 1 heterocycles. The first kappa shape index (κ1) is 19.1. The third-order valence-corrected chi connectivity index (χ3v) is 4.25. The van der Waals surface area contributed by atoms with Crippen molar-refractivity contribution < 1.29 is 26.1 Å². The van der Waals surface area contributed by atoms with Crippen molar-refractivity contribution in [2.75, 3.05) is 13.1 Å². The smallest absolute Gasteiger partial charge is 0.358 e. The lowest BCUT2D eigenvalue weighted by Gasteiger charge is -2.21. The molecule has 1 aromatic rings. The van der Waals surface area contributed by atoms with Crippen molar-refractivity contribution >= 4 is 22.3 Å². The summed E-state index contributed by atoms with van der Waals surface area (Å²) in [4.78, 5) is 26.2. The standard InChI is InChI=1S/C15H20FN3O5S/c1-10(15(21)19-6-2-3-7-19)18-14(20)11-4-5-12(9-17)13(8-11)24-25(16,22)23/h4-5,8,10H,2-3,6-7,9,17H2,1H3,(H,18,20). The fraction of sp³-hybridized carbons (Fsp3) is 0.467. The van der Waals surface area contributed by atoms with Gasteiger partial charge in [0.1, 0.15) is 6.04 Å². The van der Waals surface area contributed by atoms with Crippen LogP contribution in [-0.4, -0.2) is 44.3 Å². The Balaban J connectivity index is 2.12. The van der Waals surface area contributed by atoms with Crippen LogP contribution < -0.4 is 15.2 Å². The van der Waals surface area contributed by atoms with Crippen molar-refractivity contribution in [2.45, 2.75) is 32.4 Å². The Morgan fingerprint density at radius 1 is 1.36 bits per heavy atom. The number of benzene rings is 1. The molecule has 3 N–H and O–H groups in total. The highest BCUT2D eigenvalue weighted by Crippen LogP contribution is 2.22. The van der Waals surface area contributed by atoms with Gasteiger partial charge in [-0.3, -0.25) is 9.59 Å². The number of nitrogens with two attached hydrogens (primary N) is 1. The van der Waals surface area contributed by atoms with Crippen molar-refractivity contribution in [1.82, 2.24) is 10.2 Å². The number of hydrogen-bond acceptors (Lipinski definition) is 6. The van der Waals surface area contributed by atoms with Gasteiger partial charge >= 0.3 is 10.5 Å². The molecule has 1 atom stereocenters. The third-order valence-electron chi connectivity index (χ3n) is 3.87. The van der Waals surface area contributed by atoms with Gasteiger partial charge in [0, 0.05) is 30.8 Å². The summed E-state index contributed by atoms with van der Waals surface area (Å²) in [5.41, 5.74) is 5.68. The molecule has 0 aromatic heterocycles. The first-order chi connectivity index (χ1) is 11.7. The van der Waals surface area contributed by atoms with Gasteiger partial charge in [-0.15, -0.1) is 0 Å². The van der Waals surface area contributed by atoms with Gasteiger partial charge in [0.2, 0.25) is 5.91 Å². The average molecular weight is 373 g/mol. The molecule has 1 aliphatic heterocycles. The summed E-state index contributed by atoms with van der Waals surface area (Å²) in [7, 11) is -5.25. The maximum Gasteiger partial charge on any atom is 0.488 e. The van der Waals surface area contributed by atoms with E-state index in [1.165, 1.54) is 12.1 Å². The van der Waals surface area contributed by atoms with Gasteiger partial charge in [0.25, 0.3) is 5.91 Å². The van der Waals surface area contributed by atoms with E-state index in [0.717, 1.165) is 18.9 Å². The summed E-state index contributed by atoms with van der Waals surface area (Å²) in [5, 5.41) is 2.54. The van der Waals surface area contributed by atoms with Crippen LogP contribution in [0.4, 0.5) is 3.89 Å². The van der Waals surface area contributed by atoms with E-state index in [0.29, 0.717) is 13.1 Å². The largest absolute Gasteiger partial charge is 0.488 e. The van der Waals surface area contributed by atoms with Crippen LogP contribution in [0.5, 0.6) is 5.75 Å². The molecule has 8 nitrogen and oxygen atoms in total. The summed E-state index contributed by atoms with van der Waals surface area (Å²) in [5.74, 6) is -1.16. The fourth-order valence-electron chi connectivity index (χ4n) is 2.60. The molecular weight excluding hydrogens is 353 g/mol. The number of nitrogens with one attached hydrogen (secondary N) is 1. The van der Waals surface area contributed by atoms with Crippen LogP contribution >= 0.6 is 0 Å². The van der Waals surface area contributed by atoms with E-state index < -0.39 is 22.5 Å². The first-order valence-electron chi connectivity index (χ1n) is 7.78. The van der Waals surface area contributed by atoms with E-state index in [4.69, 9.17) is 5.73 Å². The number of amides is 2. The second-order valence-corrected chi connectivity index (χ2v) is 6.68. The highest BCUT2D eigenvalue weighted by atomic mass is 32.3. The Labute approximate surface area is 145 Å². The van der Waals surface area contributed by atoms with Crippen molar-refractivity contribution in [2.24, 2.45) is 5.73 Å². The van der Waals surface area contributed by atoms with Crippen LogP contribution in [0.1, 0.15) is 35.7 Å². The average Bonchev–Trinajstić information content (AvgIpc) is 3.06. The molecule has 1 fully saturated rings. The second kappa shape index (κ2) is 7.79. The summed E-state index contributed by atoms with van der Waals surface area (Å²) >= 11 is 0. The SMILES string of the molecule is CC(NC(=O)c1ccc(CN)c(OS(=O)(=O)F)c1)C(=O)N1CCCC1. The number of nitrogens with zero attached hydrogens (tertiary/aromatic N) is 1. The monoisotopic (exact) mass is 373 g/mol. The van der Waals surface area contributed by atoms with Gasteiger partial charge in [0.15, 0.2) is 5.75 Å². The van der Waals surface area contributed by atoms with E-state index >= 15 is 0 Å². The number of carbonyl (C=O) groups excluding carboxylic acids is 2. The minimum Gasteiger partial charge on any atom is -0.358 e. The molecule has 0 saturated carbocycles. The van der Waals surface area contributed by atoms with E-state index in [-0.39, 0.29) is 29.3 Å². The predicted molar refractivity (Wildman–Crippen MR) is 87.7 cm³/mol. The Morgan fingerprint density at radius 3 is 2.56 bits per heavy atom. The molecule has 2 amide bonds. The zero-order chi connectivity index (χ0) is 18.6. The number of rotatable bonds is 6. The Kier molecular flexibility index (Phi) is 5.96. The van der Waals surface area contributed by atoms with Gasteiger partial charge in [-0.05, 0) is 31.9 Å². The predicted octanol–water partition coefficient (Wildman–Crippen LogP) is 0.479. The van der Waals surface area contributed by atoms with Crippen molar-refractivity contribution in [3.05, 3.63) is 29.3 Å². The van der Waals surface area contributed by atoms with Gasteiger partial charge in [-0.25, -0.2) is 0 Å². The molecule has 10 heteroatoms. The van der Waals surface area contributed by atoms with E-state index in [2.05, 4.69) is 9.50 Å². The maximum atomic E-state index is 12.8. The molecule has 1 unspecified atom stereocenters. The maximum absolute atomic E-state index is 12.8. The summed E-state index contributed by atoms with van der Waals surface area (Å²) in [6, 6.07) is 3.08. The Bertz CT molecular complexity index is 762. The summed E-state index contributed by atoms with van der Waals surface area (Å²) in [6.45, 7) is 2.79. The highest BCUT2D eigenvalue weighted by Gasteiger charge is 2.25. The van der Waals surface area contributed by atoms with Gasteiger partial charge in [0.05, 0.1) is 0 Å². The topological polar surface area (TPSA) is 119 Å². The molecule has 138 valence electrons. The number of carbonyl (C=O) groups is 2.